The number of nitrogens with one attached hydrogen (secondary N) is 1. The van der Waals surface area contributed by atoms with Crippen molar-refractivity contribution >= 4 is 35.1 Å². The van der Waals surface area contributed by atoms with Crippen molar-refractivity contribution in [3.63, 3.8) is 0 Å². The maximum absolute atomic E-state index is 14.0. The van der Waals surface area contributed by atoms with E-state index in [1.807, 2.05) is 84.9 Å². The number of urea groups is 1. The van der Waals surface area contributed by atoms with Gasteiger partial charge in [0.15, 0.2) is 5.66 Å². The summed E-state index contributed by atoms with van der Waals surface area (Å²) < 4.78 is 0. The number of carbonyl (C=O) groups excluding carboxylic acids is 2. The van der Waals surface area contributed by atoms with E-state index in [2.05, 4.69) is 41.9 Å². The minimum Gasteiger partial charge on any atom is -0.270 e. The lowest BCUT2D eigenvalue weighted by molar-refractivity contribution is -0.125. The van der Waals surface area contributed by atoms with E-state index in [-0.39, 0.29) is 18.2 Å². The molecule has 0 aliphatic carbocycles. The first-order chi connectivity index (χ1) is 17.7. The van der Waals surface area contributed by atoms with Crippen LogP contribution < -0.4 is 21.4 Å². The number of hydroxylamine groups is 1. The number of hydrogen-bond acceptors (Lipinski definition) is 3. The van der Waals surface area contributed by atoms with Crippen LogP contribution in [0, 0.1) is 0 Å². The molecule has 1 N–H and O–H groups in total. The Bertz CT molecular complexity index is 1200. The van der Waals surface area contributed by atoms with Crippen molar-refractivity contribution in [3.8, 4) is 0 Å². The Morgan fingerprint density at radius 1 is 0.750 bits per heavy atom. The molecule has 5 nitrogen and oxygen atoms in total. The summed E-state index contributed by atoms with van der Waals surface area (Å²) in [6.07, 6.45) is 0.581. The van der Waals surface area contributed by atoms with Crippen LogP contribution in [0.25, 0.3) is 0 Å². The van der Waals surface area contributed by atoms with Crippen LogP contribution in [0.1, 0.15) is 12.0 Å². The number of nitrogens with zero attached hydrogens (tertiary/aromatic N) is 1. The summed E-state index contributed by atoms with van der Waals surface area (Å²) in [6, 6.07) is 39.9. The van der Waals surface area contributed by atoms with E-state index >= 15 is 0 Å². The maximum Gasteiger partial charge on any atom is 0.348 e. The van der Waals surface area contributed by atoms with Gasteiger partial charge in [-0.05, 0) is 42.0 Å². The van der Waals surface area contributed by atoms with Gasteiger partial charge in [0.05, 0.1) is 6.61 Å². The molecule has 1 atom stereocenters. The smallest absolute Gasteiger partial charge is 0.270 e. The van der Waals surface area contributed by atoms with Gasteiger partial charge in [-0.1, -0.05) is 84.9 Å². The van der Waals surface area contributed by atoms with E-state index in [1.54, 1.807) is 0 Å². The predicted molar refractivity (Wildman–Crippen MR) is 145 cm³/mol. The zero-order valence-corrected chi connectivity index (χ0v) is 20.8. The summed E-state index contributed by atoms with van der Waals surface area (Å²) in [4.78, 5) is 33.7. The first kappa shape index (κ1) is 23.9. The summed E-state index contributed by atoms with van der Waals surface area (Å²) in [5.41, 5.74) is 3.05. The van der Waals surface area contributed by atoms with Gasteiger partial charge in [0.25, 0.3) is 5.91 Å². The molecule has 5 rings (SSSR count). The molecule has 3 amide bonds. The lowest BCUT2D eigenvalue weighted by atomic mass is 10.2. The third kappa shape index (κ3) is 4.56. The van der Waals surface area contributed by atoms with E-state index in [0.717, 1.165) is 21.5 Å². The molecule has 4 aromatic rings. The summed E-state index contributed by atoms with van der Waals surface area (Å²) in [7, 11) is -2.42. The second-order valence-corrected chi connectivity index (χ2v) is 12.3. The minimum absolute atomic E-state index is 0.166. The fourth-order valence-corrected chi connectivity index (χ4v) is 9.89. The molecule has 0 bridgehead atoms. The SMILES string of the molecule is O=C(NOCc1ccccc1)N1CCC([P+](c2ccccc2)(c2ccccc2)c2ccccc2)C1=O. The van der Waals surface area contributed by atoms with Crippen molar-refractivity contribution in [2.75, 3.05) is 6.54 Å². The molecule has 36 heavy (non-hydrogen) atoms. The van der Waals surface area contributed by atoms with Gasteiger partial charge in [-0.3, -0.25) is 14.5 Å². The second-order valence-electron chi connectivity index (χ2n) is 8.71. The Kier molecular flexibility index (Phi) is 7.22. The highest BCUT2D eigenvalue weighted by molar-refractivity contribution is 7.96. The highest BCUT2D eigenvalue weighted by Gasteiger charge is 2.59. The number of imide groups is 1. The van der Waals surface area contributed by atoms with E-state index in [0.29, 0.717) is 13.0 Å². The number of amides is 3. The fourth-order valence-electron chi connectivity index (χ4n) is 5.01. The normalized spacial score (nSPS) is 15.6. The zero-order chi connectivity index (χ0) is 24.8. The Hall–Kier alpha value is -3.79. The summed E-state index contributed by atoms with van der Waals surface area (Å²) >= 11 is 0. The first-order valence-electron chi connectivity index (χ1n) is 12.0. The van der Waals surface area contributed by atoms with Crippen molar-refractivity contribution < 1.29 is 14.4 Å². The summed E-state index contributed by atoms with van der Waals surface area (Å²) in [6.45, 7) is 0.575. The molecule has 6 heteroatoms. The molecular formula is C30H28N2O3P+. The molecule has 0 aromatic heterocycles. The third-order valence-corrected chi connectivity index (χ3v) is 11.4. The number of hydrogen-bond donors (Lipinski definition) is 1. The van der Waals surface area contributed by atoms with E-state index in [9.17, 15) is 9.59 Å². The van der Waals surface area contributed by atoms with Gasteiger partial charge in [-0.25, -0.2) is 10.3 Å². The maximum atomic E-state index is 14.0. The average Bonchev–Trinajstić information content (AvgIpc) is 3.33. The molecular weight excluding hydrogens is 467 g/mol. The van der Waals surface area contributed by atoms with E-state index in [4.69, 9.17) is 4.84 Å². The average molecular weight is 496 g/mol. The first-order valence-corrected chi connectivity index (χ1v) is 13.9. The van der Waals surface area contributed by atoms with Crippen molar-refractivity contribution in [2.24, 2.45) is 0 Å². The van der Waals surface area contributed by atoms with Gasteiger partial charge in [-0.2, -0.15) is 0 Å². The van der Waals surface area contributed by atoms with E-state index < -0.39 is 13.3 Å². The molecule has 0 saturated carbocycles. The molecule has 4 aromatic carbocycles. The lowest BCUT2D eigenvalue weighted by Crippen LogP contribution is -2.46. The zero-order valence-electron chi connectivity index (χ0n) is 19.9. The predicted octanol–water partition coefficient (Wildman–Crippen LogP) is 4.42. The third-order valence-electron chi connectivity index (χ3n) is 6.62. The van der Waals surface area contributed by atoms with Crippen LogP contribution in [0.5, 0.6) is 0 Å². The molecule has 0 radical (unpaired) electrons. The largest absolute Gasteiger partial charge is 0.348 e. The van der Waals surface area contributed by atoms with Crippen molar-refractivity contribution in [2.45, 2.75) is 18.7 Å². The highest BCUT2D eigenvalue weighted by Crippen LogP contribution is 2.62. The Morgan fingerprint density at radius 2 is 1.19 bits per heavy atom. The Labute approximate surface area is 212 Å². The number of benzene rings is 4. The lowest BCUT2D eigenvalue weighted by Gasteiger charge is -2.31. The molecule has 1 aliphatic heterocycles. The quantitative estimate of drug-likeness (QED) is 0.305. The minimum atomic E-state index is -2.42. The Balaban J connectivity index is 1.49. The van der Waals surface area contributed by atoms with Crippen LogP contribution in [0.3, 0.4) is 0 Å². The fraction of sp³-hybridized carbons (Fsp3) is 0.133. The molecule has 1 fully saturated rings. The van der Waals surface area contributed by atoms with Crippen LogP contribution in [-0.2, 0) is 16.2 Å². The van der Waals surface area contributed by atoms with E-state index in [1.165, 1.54) is 4.90 Å². The molecule has 1 saturated heterocycles. The molecule has 1 heterocycles. The highest BCUT2D eigenvalue weighted by atomic mass is 31.2. The number of rotatable bonds is 7. The van der Waals surface area contributed by atoms with Gasteiger partial charge >= 0.3 is 6.03 Å². The van der Waals surface area contributed by atoms with Gasteiger partial charge in [-0.15, -0.1) is 0 Å². The molecule has 0 spiro atoms. The summed E-state index contributed by atoms with van der Waals surface area (Å²) in [5.74, 6) is -0.166. The van der Waals surface area contributed by atoms with Crippen molar-refractivity contribution in [1.82, 2.24) is 10.4 Å². The van der Waals surface area contributed by atoms with Gasteiger partial charge < -0.3 is 0 Å². The monoisotopic (exact) mass is 495 g/mol. The number of likely N-dealkylation sites (tertiary alicyclic amines) is 1. The van der Waals surface area contributed by atoms with Crippen LogP contribution >= 0.6 is 7.26 Å². The van der Waals surface area contributed by atoms with Crippen molar-refractivity contribution in [3.05, 3.63) is 127 Å². The van der Waals surface area contributed by atoms with Gasteiger partial charge in [0.2, 0.25) is 0 Å². The molecule has 1 aliphatic rings. The van der Waals surface area contributed by atoms with Crippen LogP contribution in [0.4, 0.5) is 4.79 Å². The van der Waals surface area contributed by atoms with Crippen LogP contribution in [0.2, 0.25) is 0 Å². The van der Waals surface area contributed by atoms with Gasteiger partial charge in [0, 0.05) is 13.0 Å². The second kappa shape index (κ2) is 10.9. The van der Waals surface area contributed by atoms with Crippen LogP contribution in [-0.4, -0.2) is 29.0 Å². The van der Waals surface area contributed by atoms with Crippen LogP contribution in [0.15, 0.2) is 121 Å². The molecule has 1 unspecified atom stereocenters. The van der Waals surface area contributed by atoms with Gasteiger partial charge in [0.1, 0.15) is 23.2 Å². The Morgan fingerprint density at radius 3 is 1.67 bits per heavy atom. The molecule has 180 valence electrons. The standard InChI is InChI=1S/C30H27N2O3P/c33-29-28(21-22-32(29)30(34)31-35-23-24-13-5-1-6-14-24)36(25-15-7-2-8-16-25,26-17-9-3-10-18-26)27-19-11-4-12-20-27/h1-20,28H,21-23H2/p+1. The summed E-state index contributed by atoms with van der Waals surface area (Å²) in [5, 5.41) is 3.38. The van der Waals surface area contributed by atoms with Crippen molar-refractivity contribution in [1.29, 1.82) is 0 Å². The number of carbonyl (C=O) groups is 2. The topological polar surface area (TPSA) is 58.6 Å².